The first-order valence-corrected chi connectivity index (χ1v) is 4.15. The molecule has 0 spiro atoms. The van der Waals surface area contributed by atoms with Gasteiger partial charge in [0, 0.05) is 5.75 Å². The molecule has 0 radical (unpaired) electrons. The molecular formula is C5H10O3S2. The molecule has 0 fully saturated rings. The Labute approximate surface area is 69.1 Å². The molecule has 0 aliphatic rings. The third-order valence-corrected chi connectivity index (χ3v) is 2.26. The lowest BCUT2D eigenvalue weighted by Gasteiger charge is -2.04. The molecule has 0 aromatic rings. The third-order valence-electron chi connectivity index (χ3n) is 0.777. The summed E-state index contributed by atoms with van der Waals surface area (Å²) in [5, 5.41) is 25.6. The molecule has 0 rings (SSSR count). The summed E-state index contributed by atoms with van der Waals surface area (Å²) in [5.41, 5.74) is 0. The molecule has 1 unspecified atom stereocenters. The first kappa shape index (κ1) is 10.3. The summed E-state index contributed by atoms with van der Waals surface area (Å²) in [5.74, 6) is 0.343. The Balaban J connectivity index is 3.26. The van der Waals surface area contributed by atoms with Gasteiger partial charge in [0.1, 0.15) is 0 Å². The maximum Gasteiger partial charge on any atom is 0.0864 e. The Bertz CT molecular complexity index is 107. The average Bonchev–Trinajstić information content (AvgIpc) is 1.99. The van der Waals surface area contributed by atoms with Crippen molar-refractivity contribution in [2.24, 2.45) is 0 Å². The highest BCUT2D eigenvalue weighted by Gasteiger charge is 2.03. The van der Waals surface area contributed by atoms with Crippen LogP contribution < -0.4 is 0 Å². The van der Waals surface area contributed by atoms with Crippen molar-refractivity contribution < 1.29 is 15.3 Å². The second-order valence-electron chi connectivity index (χ2n) is 1.68. The lowest BCUT2D eigenvalue weighted by Crippen LogP contribution is -2.16. The van der Waals surface area contributed by atoms with Crippen LogP contribution in [0.2, 0.25) is 0 Å². The van der Waals surface area contributed by atoms with Gasteiger partial charge < -0.3 is 15.3 Å². The summed E-state index contributed by atoms with van der Waals surface area (Å²) in [6.45, 7) is -0.417. The third kappa shape index (κ3) is 5.13. The minimum Gasteiger partial charge on any atom is -0.394 e. The van der Waals surface area contributed by atoms with Crippen LogP contribution in [0.3, 0.4) is 0 Å². The Morgan fingerprint density at radius 2 is 2.10 bits per heavy atom. The zero-order valence-electron chi connectivity index (χ0n) is 5.36. The minimum absolute atomic E-state index is 0.155. The van der Waals surface area contributed by atoms with E-state index >= 15 is 0 Å². The number of aliphatic hydroxyl groups is 3. The van der Waals surface area contributed by atoms with Crippen molar-refractivity contribution in [3.8, 4) is 0 Å². The van der Waals surface area contributed by atoms with Crippen molar-refractivity contribution in [3.05, 3.63) is 0 Å². The van der Waals surface area contributed by atoms with Gasteiger partial charge in [-0.1, -0.05) is 12.2 Å². The maximum atomic E-state index is 8.79. The Morgan fingerprint density at radius 1 is 1.50 bits per heavy atom. The molecule has 0 aromatic heterocycles. The number of rotatable bonds is 4. The molecule has 5 heteroatoms. The van der Waals surface area contributed by atoms with E-state index in [0.717, 1.165) is 0 Å². The van der Waals surface area contributed by atoms with Gasteiger partial charge in [-0.05, 0) is 0 Å². The summed E-state index contributed by atoms with van der Waals surface area (Å²) < 4.78 is 0.438. The molecule has 0 bridgehead atoms. The van der Waals surface area contributed by atoms with Gasteiger partial charge >= 0.3 is 0 Å². The molecular weight excluding hydrogens is 172 g/mol. The van der Waals surface area contributed by atoms with Crippen LogP contribution in [0.4, 0.5) is 0 Å². The van der Waals surface area contributed by atoms with Crippen LogP contribution in [-0.2, 0) is 0 Å². The first-order chi connectivity index (χ1) is 4.70. The molecule has 0 aliphatic carbocycles. The predicted molar refractivity (Wildman–Crippen MR) is 45.2 cm³/mol. The molecule has 3 N–H and O–H groups in total. The molecule has 0 saturated carbocycles. The second-order valence-corrected chi connectivity index (χ2v) is 3.54. The topological polar surface area (TPSA) is 60.7 Å². The zero-order valence-corrected chi connectivity index (χ0v) is 6.99. The van der Waals surface area contributed by atoms with E-state index in [0.29, 0.717) is 9.95 Å². The van der Waals surface area contributed by atoms with Crippen LogP contribution >= 0.6 is 24.0 Å². The van der Waals surface area contributed by atoms with Crippen molar-refractivity contribution in [2.45, 2.75) is 6.10 Å². The maximum absolute atomic E-state index is 8.79. The van der Waals surface area contributed by atoms with Crippen LogP contribution in [0.5, 0.6) is 0 Å². The van der Waals surface area contributed by atoms with Gasteiger partial charge in [0.05, 0.1) is 23.5 Å². The van der Waals surface area contributed by atoms with Gasteiger partial charge in [0.2, 0.25) is 0 Å². The number of aliphatic hydroxyl groups excluding tert-OH is 3. The summed E-state index contributed by atoms with van der Waals surface area (Å²) in [7, 11) is 0. The highest BCUT2D eigenvalue weighted by molar-refractivity contribution is 8.23. The first-order valence-electron chi connectivity index (χ1n) is 2.76. The minimum atomic E-state index is -0.741. The fourth-order valence-electron chi connectivity index (χ4n) is 0.287. The van der Waals surface area contributed by atoms with Gasteiger partial charge in [0.15, 0.2) is 0 Å². The van der Waals surface area contributed by atoms with E-state index in [4.69, 9.17) is 15.3 Å². The van der Waals surface area contributed by atoms with E-state index in [1.165, 1.54) is 11.8 Å². The largest absolute Gasteiger partial charge is 0.394 e. The van der Waals surface area contributed by atoms with Crippen molar-refractivity contribution >= 4 is 28.2 Å². The Kier molecular flexibility index (Phi) is 6.25. The quantitative estimate of drug-likeness (QED) is 0.506. The summed E-state index contributed by atoms with van der Waals surface area (Å²) >= 11 is 5.82. The lowest BCUT2D eigenvalue weighted by atomic mass is 10.4. The number of hydrogen-bond donors (Lipinski definition) is 3. The van der Waals surface area contributed by atoms with E-state index in [-0.39, 0.29) is 13.2 Å². The highest BCUT2D eigenvalue weighted by atomic mass is 32.2. The van der Waals surface area contributed by atoms with E-state index in [2.05, 4.69) is 12.2 Å². The van der Waals surface area contributed by atoms with Crippen molar-refractivity contribution in [1.82, 2.24) is 0 Å². The summed E-state index contributed by atoms with van der Waals surface area (Å²) in [4.78, 5) is 0. The van der Waals surface area contributed by atoms with Crippen LogP contribution in [0.1, 0.15) is 0 Å². The van der Waals surface area contributed by atoms with Crippen LogP contribution in [0, 0.1) is 0 Å². The molecule has 0 heterocycles. The Hall–Kier alpha value is 0.320. The SMILES string of the molecule is OCC(=S)SCC(O)CO. The fourth-order valence-corrected chi connectivity index (χ4v) is 1.07. The molecule has 60 valence electrons. The average molecular weight is 182 g/mol. The predicted octanol–water partition coefficient (Wildman–Crippen LogP) is -0.608. The molecule has 10 heavy (non-hydrogen) atoms. The van der Waals surface area contributed by atoms with Crippen molar-refractivity contribution in [1.29, 1.82) is 0 Å². The molecule has 0 aliphatic heterocycles. The highest BCUT2D eigenvalue weighted by Crippen LogP contribution is 2.05. The molecule has 1 atom stereocenters. The summed E-state index contributed by atoms with van der Waals surface area (Å²) in [6.07, 6.45) is -0.741. The molecule has 0 amide bonds. The standard InChI is InChI=1S/C5H10O3S2/c6-1-4(8)3-10-5(9)2-7/h4,6-8H,1-3H2. The van der Waals surface area contributed by atoms with Crippen LogP contribution in [0.15, 0.2) is 0 Å². The van der Waals surface area contributed by atoms with E-state index in [1.807, 2.05) is 0 Å². The normalized spacial score (nSPS) is 13.1. The molecule has 0 aromatic carbocycles. The lowest BCUT2D eigenvalue weighted by molar-refractivity contribution is 0.114. The monoisotopic (exact) mass is 182 g/mol. The van der Waals surface area contributed by atoms with E-state index < -0.39 is 6.10 Å². The zero-order chi connectivity index (χ0) is 7.98. The van der Waals surface area contributed by atoms with Crippen molar-refractivity contribution in [2.75, 3.05) is 19.0 Å². The number of thiocarbonyl (C=S) groups is 1. The van der Waals surface area contributed by atoms with Gasteiger partial charge in [-0.15, -0.1) is 11.8 Å². The van der Waals surface area contributed by atoms with E-state index in [1.54, 1.807) is 0 Å². The number of hydrogen-bond acceptors (Lipinski definition) is 5. The van der Waals surface area contributed by atoms with Crippen LogP contribution in [0.25, 0.3) is 0 Å². The van der Waals surface area contributed by atoms with Crippen LogP contribution in [-0.4, -0.2) is 44.6 Å². The van der Waals surface area contributed by atoms with Crippen molar-refractivity contribution in [3.63, 3.8) is 0 Å². The number of thioether (sulfide) groups is 1. The second kappa shape index (κ2) is 6.06. The van der Waals surface area contributed by atoms with E-state index in [9.17, 15) is 0 Å². The smallest absolute Gasteiger partial charge is 0.0864 e. The Morgan fingerprint density at radius 3 is 2.50 bits per heavy atom. The van der Waals surface area contributed by atoms with Gasteiger partial charge in [0.25, 0.3) is 0 Å². The summed E-state index contributed by atoms with van der Waals surface area (Å²) in [6, 6.07) is 0. The van der Waals surface area contributed by atoms with Gasteiger partial charge in [-0.25, -0.2) is 0 Å². The fraction of sp³-hybridized carbons (Fsp3) is 0.800. The van der Waals surface area contributed by atoms with Gasteiger partial charge in [-0.2, -0.15) is 0 Å². The molecule has 3 nitrogen and oxygen atoms in total. The molecule has 0 saturated heterocycles. The van der Waals surface area contributed by atoms with Gasteiger partial charge in [-0.3, -0.25) is 0 Å².